The Bertz CT molecular complexity index is 528. The van der Waals surface area contributed by atoms with E-state index in [1.54, 1.807) is 26.0 Å². The molecule has 0 atom stereocenters. The molecular weight excluding hydrogens is 262 g/mol. The monoisotopic (exact) mass is 279 g/mol. The Balaban J connectivity index is 2.94. The molecule has 0 fully saturated rings. The highest BCUT2D eigenvalue weighted by Gasteiger charge is 2.20. The number of hydrogen-bond acceptors (Lipinski definition) is 3. The van der Waals surface area contributed by atoms with Crippen molar-refractivity contribution in [2.24, 2.45) is 5.73 Å². The third-order valence-electron chi connectivity index (χ3n) is 2.61. The van der Waals surface area contributed by atoms with Crippen LogP contribution in [0.3, 0.4) is 0 Å². The predicted molar refractivity (Wildman–Crippen MR) is 73.5 cm³/mol. The van der Waals surface area contributed by atoms with Gasteiger partial charge in [-0.25, -0.2) is 9.59 Å². The third-order valence-corrected chi connectivity index (χ3v) is 2.61. The van der Waals surface area contributed by atoms with Crippen molar-refractivity contribution in [3.63, 3.8) is 0 Å². The van der Waals surface area contributed by atoms with Crippen molar-refractivity contribution in [1.82, 2.24) is 4.90 Å². The number of para-hydroxylation sites is 1. The van der Waals surface area contributed by atoms with Crippen LogP contribution in [0.5, 0.6) is 0 Å². The zero-order valence-electron chi connectivity index (χ0n) is 11.3. The number of urea groups is 1. The van der Waals surface area contributed by atoms with Gasteiger partial charge in [-0.15, -0.1) is 0 Å². The molecule has 0 aliphatic heterocycles. The number of rotatable bonds is 5. The van der Waals surface area contributed by atoms with E-state index in [4.69, 9.17) is 10.8 Å². The van der Waals surface area contributed by atoms with E-state index < -0.39 is 17.9 Å². The summed E-state index contributed by atoms with van der Waals surface area (Å²) >= 11 is 0. The first-order chi connectivity index (χ1) is 9.32. The Kier molecular flexibility index (Phi) is 5.08. The third kappa shape index (κ3) is 3.98. The van der Waals surface area contributed by atoms with E-state index in [1.165, 1.54) is 17.0 Å². The van der Waals surface area contributed by atoms with Crippen molar-refractivity contribution in [3.05, 3.63) is 29.8 Å². The molecule has 0 aliphatic carbocycles. The molecule has 20 heavy (non-hydrogen) atoms. The second-order valence-electron chi connectivity index (χ2n) is 4.47. The minimum absolute atomic E-state index is 0.0244. The Morgan fingerprint density at radius 3 is 2.40 bits per heavy atom. The molecule has 7 heteroatoms. The van der Waals surface area contributed by atoms with Crippen molar-refractivity contribution in [3.8, 4) is 0 Å². The molecule has 0 spiro atoms. The number of anilines is 1. The molecule has 0 unspecified atom stereocenters. The van der Waals surface area contributed by atoms with E-state index in [1.807, 2.05) is 0 Å². The van der Waals surface area contributed by atoms with Gasteiger partial charge in [0, 0.05) is 6.04 Å². The summed E-state index contributed by atoms with van der Waals surface area (Å²) in [4.78, 5) is 35.3. The minimum Gasteiger partial charge on any atom is -0.478 e. The largest absolute Gasteiger partial charge is 0.478 e. The van der Waals surface area contributed by atoms with Gasteiger partial charge in [0.15, 0.2) is 0 Å². The van der Waals surface area contributed by atoms with Crippen LogP contribution >= 0.6 is 0 Å². The fourth-order valence-corrected chi connectivity index (χ4v) is 1.62. The molecule has 0 heterocycles. The van der Waals surface area contributed by atoms with E-state index in [2.05, 4.69) is 5.32 Å². The van der Waals surface area contributed by atoms with Gasteiger partial charge < -0.3 is 21.1 Å². The molecule has 0 bridgehead atoms. The lowest BCUT2D eigenvalue weighted by Crippen LogP contribution is -2.45. The second-order valence-corrected chi connectivity index (χ2v) is 4.47. The van der Waals surface area contributed by atoms with Crippen LogP contribution in [0.2, 0.25) is 0 Å². The molecule has 0 aromatic heterocycles. The number of carbonyl (C=O) groups excluding carboxylic acids is 2. The average molecular weight is 279 g/mol. The van der Waals surface area contributed by atoms with Crippen molar-refractivity contribution < 1.29 is 19.5 Å². The number of benzene rings is 1. The van der Waals surface area contributed by atoms with E-state index in [0.717, 1.165) is 0 Å². The molecular formula is C13H17N3O4. The van der Waals surface area contributed by atoms with Gasteiger partial charge in [-0.2, -0.15) is 0 Å². The zero-order valence-corrected chi connectivity index (χ0v) is 11.3. The van der Waals surface area contributed by atoms with Gasteiger partial charge in [-0.3, -0.25) is 4.79 Å². The van der Waals surface area contributed by atoms with Gasteiger partial charge in [0.05, 0.1) is 11.3 Å². The van der Waals surface area contributed by atoms with Crippen LogP contribution < -0.4 is 11.1 Å². The maximum Gasteiger partial charge on any atom is 0.337 e. The standard InChI is InChI=1S/C13H17N3O4/c1-8(2)16(7-11(14)17)13(20)15-10-6-4-3-5-9(10)12(18)19/h3-6,8H,7H2,1-2H3,(H2,14,17)(H,15,20)(H,18,19). The zero-order chi connectivity index (χ0) is 15.3. The van der Waals surface area contributed by atoms with E-state index in [-0.39, 0.29) is 23.8 Å². The normalized spacial score (nSPS) is 10.2. The fraction of sp³-hybridized carbons (Fsp3) is 0.308. The van der Waals surface area contributed by atoms with Crippen LogP contribution in [0.1, 0.15) is 24.2 Å². The van der Waals surface area contributed by atoms with Gasteiger partial charge in [0.2, 0.25) is 5.91 Å². The Labute approximate surface area is 116 Å². The SMILES string of the molecule is CC(C)N(CC(N)=O)C(=O)Nc1ccccc1C(=O)O. The first-order valence-electron chi connectivity index (χ1n) is 6.01. The molecule has 1 aromatic carbocycles. The van der Waals surface area contributed by atoms with E-state index in [0.29, 0.717) is 0 Å². The topological polar surface area (TPSA) is 113 Å². The summed E-state index contributed by atoms with van der Waals surface area (Å²) in [7, 11) is 0. The lowest BCUT2D eigenvalue weighted by molar-refractivity contribution is -0.118. The number of carbonyl (C=O) groups is 3. The van der Waals surface area contributed by atoms with Gasteiger partial charge in [0.25, 0.3) is 0 Å². The summed E-state index contributed by atoms with van der Waals surface area (Å²) in [6, 6.07) is 5.20. The molecule has 0 saturated carbocycles. The quantitative estimate of drug-likeness (QED) is 0.749. The summed E-state index contributed by atoms with van der Waals surface area (Å²) < 4.78 is 0. The van der Waals surface area contributed by atoms with Crippen LogP contribution in [-0.4, -0.2) is 40.5 Å². The van der Waals surface area contributed by atoms with Crippen LogP contribution in [0.4, 0.5) is 10.5 Å². The lowest BCUT2D eigenvalue weighted by Gasteiger charge is -2.25. The summed E-state index contributed by atoms with van der Waals surface area (Å²) in [5, 5.41) is 11.5. The number of aromatic carboxylic acids is 1. The number of amides is 3. The number of nitrogens with one attached hydrogen (secondary N) is 1. The van der Waals surface area contributed by atoms with Crippen LogP contribution in [-0.2, 0) is 4.79 Å². The minimum atomic E-state index is -1.15. The summed E-state index contributed by atoms with van der Waals surface area (Å²) in [5.41, 5.74) is 5.23. The summed E-state index contributed by atoms with van der Waals surface area (Å²) in [6.07, 6.45) is 0. The molecule has 0 radical (unpaired) electrons. The smallest absolute Gasteiger partial charge is 0.337 e. The highest BCUT2D eigenvalue weighted by atomic mass is 16.4. The lowest BCUT2D eigenvalue weighted by atomic mass is 10.2. The van der Waals surface area contributed by atoms with Crippen LogP contribution in [0.15, 0.2) is 24.3 Å². The number of nitrogens with zero attached hydrogens (tertiary/aromatic N) is 1. The van der Waals surface area contributed by atoms with Gasteiger partial charge in [-0.05, 0) is 26.0 Å². The molecule has 4 N–H and O–H groups in total. The Morgan fingerprint density at radius 2 is 1.90 bits per heavy atom. The second kappa shape index (κ2) is 6.55. The first-order valence-corrected chi connectivity index (χ1v) is 6.01. The predicted octanol–water partition coefficient (Wildman–Crippen LogP) is 1.11. The molecule has 7 nitrogen and oxygen atoms in total. The maximum atomic E-state index is 12.1. The van der Waals surface area contributed by atoms with Gasteiger partial charge >= 0.3 is 12.0 Å². The van der Waals surface area contributed by atoms with E-state index in [9.17, 15) is 14.4 Å². The van der Waals surface area contributed by atoms with Crippen molar-refractivity contribution in [2.45, 2.75) is 19.9 Å². The summed E-state index contributed by atoms with van der Waals surface area (Å²) in [5.74, 6) is -1.78. The number of hydrogen-bond donors (Lipinski definition) is 3. The highest BCUT2D eigenvalue weighted by Crippen LogP contribution is 2.16. The van der Waals surface area contributed by atoms with E-state index >= 15 is 0 Å². The number of nitrogens with two attached hydrogens (primary N) is 1. The molecule has 0 saturated heterocycles. The number of primary amides is 1. The maximum absolute atomic E-state index is 12.1. The molecule has 1 rings (SSSR count). The van der Waals surface area contributed by atoms with Crippen molar-refractivity contribution in [2.75, 3.05) is 11.9 Å². The average Bonchev–Trinajstić information content (AvgIpc) is 2.35. The van der Waals surface area contributed by atoms with Crippen LogP contribution in [0, 0.1) is 0 Å². The van der Waals surface area contributed by atoms with Crippen molar-refractivity contribution >= 4 is 23.6 Å². The fourth-order valence-electron chi connectivity index (χ4n) is 1.62. The molecule has 1 aromatic rings. The number of carboxylic acids is 1. The Hall–Kier alpha value is -2.57. The highest BCUT2D eigenvalue weighted by molar-refractivity contribution is 6.00. The number of carboxylic acid groups (broad SMARTS) is 1. The van der Waals surface area contributed by atoms with Crippen LogP contribution in [0.25, 0.3) is 0 Å². The van der Waals surface area contributed by atoms with Crippen molar-refractivity contribution in [1.29, 1.82) is 0 Å². The molecule has 108 valence electrons. The van der Waals surface area contributed by atoms with Gasteiger partial charge in [-0.1, -0.05) is 12.1 Å². The molecule has 3 amide bonds. The first kappa shape index (κ1) is 15.5. The summed E-state index contributed by atoms with van der Waals surface area (Å²) in [6.45, 7) is 3.22. The molecule has 0 aliphatic rings. The van der Waals surface area contributed by atoms with Gasteiger partial charge in [0.1, 0.15) is 6.54 Å². The Morgan fingerprint density at radius 1 is 1.30 bits per heavy atom.